The highest BCUT2D eigenvalue weighted by Gasteiger charge is 2.15. The summed E-state index contributed by atoms with van der Waals surface area (Å²) in [6.07, 6.45) is -1.11. The zero-order valence-corrected chi connectivity index (χ0v) is 7.97. The molecule has 0 aromatic carbocycles. The molecule has 0 atom stereocenters. The van der Waals surface area contributed by atoms with E-state index in [9.17, 15) is 4.79 Å². The van der Waals surface area contributed by atoms with Gasteiger partial charge in [-0.1, -0.05) is 0 Å². The average Bonchev–Trinajstić information content (AvgIpc) is 2.05. The monoisotopic (exact) mass is 196 g/mol. The molecular weight excluding hydrogens is 168 g/mol. The van der Waals surface area contributed by atoms with Crippen LogP contribution in [0.1, 0.15) is 31.7 Å². The smallest absolute Gasteiger partial charge is 0.407 e. The largest absolute Gasteiger partial charge is 0.444 e. The van der Waals surface area contributed by atoms with Crippen LogP contribution in [0.15, 0.2) is 0 Å². The first-order valence-electron chi connectivity index (χ1n) is 7.73. The summed E-state index contributed by atoms with van der Waals surface area (Å²) in [6.45, 7) is -5.00. The zero-order chi connectivity index (χ0) is 17.3. The number of likely N-dealkylation sites (N-methyl/N-ethyl adjacent to an activating group) is 1. The van der Waals surface area contributed by atoms with Crippen LogP contribution in [0.2, 0.25) is 0 Å². The Morgan fingerprint density at radius 1 is 1.62 bits per heavy atom. The van der Waals surface area contributed by atoms with Gasteiger partial charge in [0.25, 0.3) is 0 Å². The lowest BCUT2D eigenvalue weighted by atomic mass is 10.2. The summed E-state index contributed by atoms with van der Waals surface area (Å²) >= 11 is 0. The van der Waals surface area contributed by atoms with Crippen molar-refractivity contribution in [2.45, 2.75) is 26.4 Å². The standard InChI is InChI=1S/C9H20N2O2/c1-9(2,3)13-8(12)10-6-7-11(4)5/h6-7H2,1-5H3,(H,10,12)/i4D3,5D3,6D2. The topological polar surface area (TPSA) is 41.6 Å². The Kier molecular flexibility index (Phi) is 1.63. The molecule has 0 aromatic rings. The van der Waals surface area contributed by atoms with Crippen molar-refractivity contribution in [3.05, 3.63) is 0 Å². The maximum Gasteiger partial charge on any atom is 0.407 e. The predicted octanol–water partition coefficient (Wildman–Crippen LogP) is 1.07. The normalized spacial score (nSPS) is 23.7. The number of carbonyl (C=O) groups excluding carboxylic acids is 1. The molecule has 1 N–H and O–H groups in total. The molecule has 13 heavy (non-hydrogen) atoms. The lowest BCUT2D eigenvalue weighted by molar-refractivity contribution is 0.0525. The number of ether oxygens (including phenoxy) is 1. The van der Waals surface area contributed by atoms with E-state index in [-0.39, 0.29) is 4.90 Å². The summed E-state index contributed by atoms with van der Waals surface area (Å²) in [7, 11) is 0. The molecule has 0 bridgehead atoms. The van der Waals surface area contributed by atoms with Gasteiger partial charge < -0.3 is 15.0 Å². The summed E-state index contributed by atoms with van der Waals surface area (Å²) in [4.78, 5) is 11.5. The minimum Gasteiger partial charge on any atom is -0.444 e. The summed E-state index contributed by atoms with van der Waals surface area (Å²) < 4.78 is 62.8. The van der Waals surface area contributed by atoms with E-state index in [2.05, 4.69) is 0 Å². The van der Waals surface area contributed by atoms with E-state index in [4.69, 9.17) is 15.7 Å². The first kappa shape index (κ1) is 4.17. The average molecular weight is 196 g/mol. The Balaban J connectivity index is 4.96. The highest BCUT2D eigenvalue weighted by atomic mass is 16.6. The molecule has 0 radical (unpaired) electrons. The van der Waals surface area contributed by atoms with Crippen LogP contribution in [0.4, 0.5) is 4.79 Å². The number of alkyl carbamates (subject to hydrolysis) is 1. The van der Waals surface area contributed by atoms with E-state index in [1.807, 2.05) is 5.32 Å². The molecule has 78 valence electrons. The minimum absolute atomic E-state index is 0.0252. The van der Waals surface area contributed by atoms with Crippen molar-refractivity contribution in [1.82, 2.24) is 10.2 Å². The number of amides is 1. The molecule has 0 saturated carbocycles. The van der Waals surface area contributed by atoms with Crippen LogP contribution in [0.3, 0.4) is 0 Å². The Labute approximate surface area is 91.5 Å². The van der Waals surface area contributed by atoms with Gasteiger partial charge in [0.05, 0.1) is 2.74 Å². The van der Waals surface area contributed by atoms with E-state index in [0.29, 0.717) is 0 Å². The molecule has 0 aliphatic rings. The third-order valence-corrected chi connectivity index (χ3v) is 0.827. The number of hydrogen-bond acceptors (Lipinski definition) is 3. The fourth-order valence-electron chi connectivity index (χ4n) is 0.494. The molecule has 0 aliphatic heterocycles. The highest BCUT2D eigenvalue weighted by Crippen LogP contribution is 2.05. The van der Waals surface area contributed by atoms with Crippen molar-refractivity contribution in [2.75, 3.05) is 27.0 Å². The number of hydrogen-bond donors (Lipinski definition) is 1. The van der Waals surface area contributed by atoms with Gasteiger partial charge in [0, 0.05) is 21.3 Å². The van der Waals surface area contributed by atoms with Gasteiger partial charge in [0.2, 0.25) is 0 Å². The number of carbonyl (C=O) groups is 1. The van der Waals surface area contributed by atoms with E-state index >= 15 is 0 Å². The SMILES string of the molecule is [2H]C([2H])(CN(C([2H])([2H])[2H])C([2H])([2H])[2H])NC(=O)OC(C)(C)C. The van der Waals surface area contributed by atoms with Gasteiger partial charge in [-0.3, -0.25) is 0 Å². The molecule has 0 fully saturated rings. The van der Waals surface area contributed by atoms with Gasteiger partial charge in [-0.05, 0) is 34.7 Å². The number of nitrogens with one attached hydrogen (secondary N) is 1. The number of nitrogens with zero attached hydrogens (tertiary/aromatic N) is 1. The third-order valence-electron chi connectivity index (χ3n) is 0.827. The molecule has 0 rings (SSSR count). The molecule has 0 aromatic heterocycles. The van der Waals surface area contributed by atoms with Crippen molar-refractivity contribution in [2.24, 2.45) is 0 Å². The Hall–Kier alpha value is -0.770. The maximum atomic E-state index is 11.5. The minimum atomic E-state index is -3.03. The summed E-state index contributed by atoms with van der Waals surface area (Å²) in [6, 6.07) is 0. The molecule has 4 nitrogen and oxygen atoms in total. The summed E-state index contributed by atoms with van der Waals surface area (Å²) in [5, 5.41) is 1.82. The second-order valence-electron chi connectivity index (χ2n) is 3.39. The van der Waals surface area contributed by atoms with Crippen LogP contribution in [-0.4, -0.2) is 43.6 Å². The quantitative estimate of drug-likeness (QED) is 0.734. The van der Waals surface area contributed by atoms with E-state index in [1.165, 1.54) is 0 Å². The van der Waals surface area contributed by atoms with Crippen LogP contribution >= 0.6 is 0 Å². The second kappa shape index (κ2) is 5.07. The van der Waals surface area contributed by atoms with Gasteiger partial charge in [-0.25, -0.2) is 4.79 Å². The van der Waals surface area contributed by atoms with E-state index in [0.717, 1.165) is 0 Å². The summed E-state index contributed by atoms with van der Waals surface area (Å²) in [5.74, 6) is 0. The Morgan fingerprint density at radius 3 is 2.69 bits per heavy atom. The van der Waals surface area contributed by atoms with Crippen LogP contribution in [0, 0.1) is 0 Å². The first-order chi connectivity index (χ1) is 8.94. The first-order valence-corrected chi connectivity index (χ1v) is 3.73. The molecule has 1 amide bonds. The second-order valence-corrected chi connectivity index (χ2v) is 3.39. The van der Waals surface area contributed by atoms with Crippen LogP contribution in [-0.2, 0) is 4.74 Å². The predicted molar refractivity (Wildman–Crippen MR) is 52.8 cm³/mol. The lowest BCUT2D eigenvalue weighted by Gasteiger charge is -2.20. The van der Waals surface area contributed by atoms with Gasteiger partial charge >= 0.3 is 6.09 Å². The van der Waals surface area contributed by atoms with Crippen molar-refractivity contribution >= 4 is 6.09 Å². The van der Waals surface area contributed by atoms with Crippen molar-refractivity contribution in [1.29, 1.82) is 0 Å². The zero-order valence-electron chi connectivity index (χ0n) is 16.0. The van der Waals surface area contributed by atoms with Gasteiger partial charge in [0.1, 0.15) is 5.60 Å². The summed E-state index contributed by atoms with van der Waals surface area (Å²) in [5.41, 5.74) is -0.867. The fourth-order valence-corrected chi connectivity index (χ4v) is 0.494. The van der Waals surface area contributed by atoms with E-state index < -0.39 is 38.7 Å². The van der Waals surface area contributed by atoms with Crippen molar-refractivity contribution < 1.29 is 20.5 Å². The van der Waals surface area contributed by atoms with E-state index in [1.54, 1.807) is 20.8 Å². The maximum absolute atomic E-state index is 11.5. The fraction of sp³-hybridized carbons (Fsp3) is 0.889. The van der Waals surface area contributed by atoms with Crippen LogP contribution in [0.5, 0.6) is 0 Å². The lowest BCUT2D eigenvalue weighted by Crippen LogP contribution is -2.36. The highest BCUT2D eigenvalue weighted by molar-refractivity contribution is 5.67. The molecule has 0 spiro atoms. The molecule has 0 aliphatic carbocycles. The molecule has 0 unspecified atom stereocenters. The Morgan fingerprint density at radius 2 is 2.23 bits per heavy atom. The Bertz CT molecular complexity index is 357. The van der Waals surface area contributed by atoms with Crippen molar-refractivity contribution in [3.63, 3.8) is 0 Å². The van der Waals surface area contributed by atoms with Gasteiger partial charge in [-0.15, -0.1) is 0 Å². The molecule has 0 heterocycles. The molecular formula is C9H20N2O2. The third kappa shape index (κ3) is 9.14. The van der Waals surface area contributed by atoms with Gasteiger partial charge in [0.15, 0.2) is 0 Å². The number of rotatable bonds is 3. The van der Waals surface area contributed by atoms with Crippen LogP contribution in [0.25, 0.3) is 0 Å². The van der Waals surface area contributed by atoms with Gasteiger partial charge in [-0.2, -0.15) is 0 Å². The van der Waals surface area contributed by atoms with Crippen LogP contribution < -0.4 is 5.32 Å². The van der Waals surface area contributed by atoms with Crippen molar-refractivity contribution in [3.8, 4) is 0 Å². The molecule has 4 heteroatoms. The molecule has 0 saturated heterocycles.